The van der Waals surface area contributed by atoms with Gasteiger partial charge in [0.2, 0.25) is 11.8 Å². The smallest absolute Gasteiger partial charge is 0.408 e. The third-order valence-electron chi connectivity index (χ3n) is 7.11. The van der Waals surface area contributed by atoms with Crippen molar-refractivity contribution in [2.24, 2.45) is 0 Å². The number of aromatic hydroxyl groups is 1. The Bertz CT molecular complexity index is 913. The fraction of sp³-hybridized carbons (Fsp3) is 0.710. The van der Waals surface area contributed by atoms with E-state index in [1.165, 1.54) is 6.42 Å². The summed E-state index contributed by atoms with van der Waals surface area (Å²) in [5.74, 6) is 0.235. The van der Waals surface area contributed by atoms with Crippen molar-refractivity contribution in [2.45, 2.75) is 122 Å². The van der Waals surface area contributed by atoms with Crippen LogP contribution in [0.5, 0.6) is 5.75 Å². The molecule has 3 N–H and O–H groups in total. The van der Waals surface area contributed by atoms with E-state index in [2.05, 4.69) is 17.6 Å². The van der Waals surface area contributed by atoms with Gasteiger partial charge in [0.25, 0.3) is 0 Å². The number of amides is 3. The second-order valence-electron chi connectivity index (χ2n) is 11.8. The number of hydrogen-bond acceptors (Lipinski definition) is 6. The number of rotatable bonds is 15. The zero-order valence-electron chi connectivity index (χ0n) is 25.2. The van der Waals surface area contributed by atoms with Gasteiger partial charge in [0.1, 0.15) is 23.4 Å². The minimum absolute atomic E-state index is 0.0783. The van der Waals surface area contributed by atoms with Crippen LogP contribution in [0.25, 0.3) is 0 Å². The highest BCUT2D eigenvalue weighted by Crippen LogP contribution is 2.27. The van der Waals surface area contributed by atoms with E-state index >= 15 is 0 Å². The molecular weight excluding hydrogens is 526 g/mol. The van der Waals surface area contributed by atoms with Gasteiger partial charge in [-0.1, -0.05) is 64.0 Å². The standard InChI is InChI=1S/C31H51N3O5S/c1-6-7-8-9-13-21-34(29(37)26(20-22-40-5)33-30(38)39-31(2,3)4)27(23-16-18-25(35)19-17-23)28(36)32-24-14-11-10-12-15-24/h16-19,24,26-27,35H,6-15,20-22H2,1-5H3,(H,32,36)(H,33,38). The molecule has 1 aromatic carbocycles. The van der Waals surface area contributed by atoms with Gasteiger partial charge >= 0.3 is 6.09 Å². The number of alkyl carbamates (subject to hydrolysis) is 1. The number of benzene rings is 1. The lowest BCUT2D eigenvalue weighted by Gasteiger charge is -2.36. The summed E-state index contributed by atoms with van der Waals surface area (Å²) < 4.78 is 5.48. The number of hydrogen-bond donors (Lipinski definition) is 3. The van der Waals surface area contributed by atoms with Crippen LogP contribution in [0.1, 0.15) is 110 Å². The number of carbonyl (C=O) groups excluding carboxylic acids is 3. The van der Waals surface area contributed by atoms with Gasteiger partial charge in [0.05, 0.1) is 0 Å². The van der Waals surface area contributed by atoms with Crippen LogP contribution in [0.4, 0.5) is 4.79 Å². The van der Waals surface area contributed by atoms with Crippen LogP contribution in [0.3, 0.4) is 0 Å². The minimum atomic E-state index is -0.876. The van der Waals surface area contributed by atoms with E-state index in [-0.39, 0.29) is 23.6 Å². The second kappa shape index (κ2) is 17.4. The predicted molar refractivity (Wildman–Crippen MR) is 162 cm³/mol. The molecule has 3 amide bonds. The summed E-state index contributed by atoms with van der Waals surface area (Å²) in [6.45, 7) is 7.89. The van der Waals surface area contributed by atoms with Crippen LogP contribution in [0.15, 0.2) is 24.3 Å². The highest BCUT2D eigenvalue weighted by Gasteiger charge is 2.36. The normalized spacial score (nSPS) is 15.6. The fourth-order valence-electron chi connectivity index (χ4n) is 5.05. The number of phenolic OH excluding ortho intramolecular Hbond substituents is 1. The average molecular weight is 578 g/mol. The molecule has 2 atom stereocenters. The van der Waals surface area contributed by atoms with Crippen LogP contribution in [-0.2, 0) is 14.3 Å². The molecule has 40 heavy (non-hydrogen) atoms. The predicted octanol–water partition coefficient (Wildman–Crippen LogP) is 6.33. The van der Waals surface area contributed by atoms with Gasteiger partial charge in [-0.3, -0.25) is 9.59 Å². The highest BCUT2D eigenvalue weighted by atomic mass is 32.2. The van der Waals surface area contributed by atoms with Crippen LogP contribution in [0.2, 0.25) is 0 Å². The Labute approximate surface area is 245 Å². The summed E-state index contributed by atoms with van der Waals surface area (Å²) in [6.07, 6.45) is 11.9. The van der Waals surface area contributed by atoms with Gasteiger partial charge in [0, 0.05) is 12.6 Å². The molecule has 0 heterocycles. The first-order valence-corrected chi connectivity index (χ1v) is 16.3. The van der Waals surface area contributed by atoms with Crippen LogP contribution in [-0.4, -0.2) is 64.2 Å². The molecule has 1 aliphatic rings. The SMILES string of the molecule is CCCCCCCN(C(=O)C(CCSC)NC(=O)OC(C)(C)C)C(C(=O)NC1CCCCC1)c1ccc(O)cc1. The molecule has 226 valence electrons. The maximum atomic E-state index is 14.3. The topological polar surface area (TPSA) is 108 Å². The van der Waals surface area contributed by atoms with E-state index in [1.54, 1.807) is 61.7 Å². The van der Waals surface area contributed by atoms with Crippen LogP contribution in [0, 0.1) is 0 Å². The molecule has 9 heteroatoms. The summed E-state index contributed by atoms with van der Waals surface area (Å²) in [7, 11) is 0. The lowest BCUT2D eigenvalue weighted by atomic mass is 9.94. The molecule has 1 aromatic rings. The van der Waals surface area contributed by atoms with Crippen molar-refractivity contribution in [3.8, 4) is 5.75 Å². The number of ether oxygens (including phenoxy) is 1. The number of nitrogens with one attached hydrogen (secondary N) is 2. The molecule has 0 saturated heterocycles. The van der Waals surface area contributed by atoms with E-state index in [1.807, 2.05) is 6.26 Å². The zero-order valence-corrected chi connectivity index (χ0v) is 26.0. The molecule has 0 aromatic heterocycles. The molecule has 0 spiro atoms. The average Bonchev–Trinajstić information content (AvgIpc) is 2.90. The highest BCUT2D eigenvalue weighted by molar-refractivity contribution is 7.98. The molecule has 1 aliphatic carbocycles. The Kier molecular flexibility index (Phi) is 14.7. The molecular formula is C31H51N3O5S. The minimum Gasteiger partial charge on any atom is -0.508 e. The Morgan fingerprint density at radius 3 is 2.30 bits per heavy atom. The molecule has 2 rings (SSSR count). The van der Waals surface area contributed by atoms with E-state index in [0.717, 1.165) is 57.8 Å². The van der Waals surface area contributed by atoms with Gasteiger partial charge in [-0.15, -0.1) is 0 Å². The van der Waals surface area contributed by atoms with E-state index in [0.29, 0.717) is 24.3 Å². The van der Waals surface area contributed by atoms with Crippen molar-refractivity contribution in [3.63, 3.8) is 0 Å². The van der Waals surface area contributed by atoms with Gasteiger partial charge in [-0.05, 0) is 76.2 Å². The van der Waals surface area contributed by atoms with E-state index in [4.69, 9.17) is 4.74 Å². The first kappa shape index (κ1) is 33.8. The first-order valence-electron chi connectivity index (χ1n) is 14.9. The van der Waals surface area contributed by atoms with Crippen LogP contribution < -0.4 is 10.6 Å². The Morgan fingerprint density at radius 2 is 1.70 bits per heavy atom. The molecule has 1 saturated carbocycles. The Morgan fingerprint density at radius 1 is 1.05 bits per heavy atom. The molecule has 1 fully saturated rings. The number of thioether (sulfide) groups is 1. The lowest BCUT2D eigenvalue weighted by molar-refractivity contribution is -0.143. The van der Waals surface area contributed by atoms with Crippen molar-refractivity contribution in [1.82, 2.24) is 15.5 Å². The van der Waals surface area contributed by atoms with Crippen molar-refractivity contribution in [2.75, 3.05) is 18.6 Å². The summed E-state index contributed by atoms with van der Waals surface area (Å²) in [6, 6.07) is 4.87. The van der Waals surface area contributed by atoms with E-state index in [9.17, 15) is 19.5 Å². The molecule has 0 radical (unpaired) electrons. The van der Waals surface area contributed by atoms with Crippen molar-refractivity contribution in [3.05, 3.63) is 29.8 Å². The monoisotopic (exact) mass is 577 g/mol. The number of phenols is 1. The number of nitrogens with zero attached hydrogens (tertiary/aromatic N) is 1. The van der Waals surface area contributed by atoms with Gasteiger partial charge in [-0.25, -0.2) is 4.79 Å². The Hall–Kier alpha value is -2.42. The Balaban J connectivity index is 2.42. The van der Waals surface area contributed by atoms with E-state index < -0.39 is 23.8 Å². The lowest BCUT2D eigenvalue weighted by Crippen LogP contribution is -2.54. The van der Waals surface area contributed by atoms with Crippen molar-refractivity contribution < 1.29 is 24.2 Å². The summed E-state index contributed by atoms with van der Waals surface area (Å²) in [4.78, 5) is 42.6. The van der Waals surface area contributed by atoms with Gasteiger partial charge in [-0.2, -0.15) is 11.8 Å². The second-order valence-corrected chi connectivity index (χ2v) is 12.7. The molecule has 0 aliphatic heterocycles. The summed E-state index contributed by atoms with van der Waals surface area (Å²) in [5, 5.41) is 16.0. The van der Waals surface area contributed by atoms with Crippen LogP contribution >= 0.6 is 11.8 Å². The number of carbonyl (C=O) groups is 3. The quantitative estimate of drug-likeness (QED) is 0.210. The van der Waals surface area contributed by atoms with Crippen molar-refractivity contribution in [1.29, 1.82) is 0 Å². The fourth-order valence-corrected chi connectivity index (χ4v) is 5.52. The summed E-state index contributed by atoms with van der Waals surface area (Å²) in [5.41, 5.74) is -0.0705. The molecule has 2 unspecified atom stereocenters. The molecule has 0 bridgehead atoms. The van der Waals surface area contributed by atoms with Gasteiger partial charge in [0.15, 0.2) is 0 Å². The third-order valence-corrected chi connectivity index (χ3v) is 7.75. The third kappa shape index (κ3) is 12.0. The van der Waals surface area contributed by atoms with Crippen molar-refractivity contribution >= 4 is 29.7 Å². The van der Waals surface area contributed by atoms with Gasteiger partial charge < -0.3 is 25.4 Å². The first-order chi connectivity index (χ1) is 19.1. The largest absolute Gasteiger partial charge is 0.508 e. The summed E-state index contributed by atoms with van der Waals surface area (Å²) >= 11 is 1.59. The maximum absolute atomic E-state index is 14.3. The maximum Gasteiger partial charge on any atom is 0.408 e. The zero-order chi connectivity index (χ0) is 29.5. The number of unbranched alkanes of at least 4 members (excludes halogenated alkanes) is 4. The molecule has 8 nitrogen and oxygen atoms in total.